The van der Waals surface area contributed by atoms with Crippen molar-refractivity contribution < 1.29 is 19.1 Å². The Bertz CT molecular complexity index is 1170. The number of hydrogen-bond acceptors (Lipinski definition) is 8. The molecule has 0 aliphatic carbocycles. The lowest BCUT2D eigenvalue weighted by Crippen LogP contribution is -2.09. The Labute approximate surface area is 179 Å². The average Bonchev–Trinajstić information content (AvgIpc) is 3.54. The summed E-state index contributed by atoms with van der Waals surface area (Å²) in [4.78, 5) is 34.8. The predicted octanol–water partition coefficient (Wildman–Crippen LogP) is 4.50. The Hall–Kier alpha value is -3.62. The molecule has 0 fully saturated rings. The lowest BCUT2D eigenvalue weighted by Gasteiger charge is -2.03. The van der Waals surface area contributed by atoms with Gasteiger partial charge in [-0.15, -0.1) is 22.7 Å². The van der Waals surface area contributed by atoms with Crippen LogP contribution in [0.15, 0.2) is 80.7 Å². The van der Waals surface area contributed by atoms with Gasteiger partial charge in [-0.2, -0.15) is 0 Å². The van der Waals surface area contributed by atoms with Gasteiger partial charge in [0.15, 0.2) is 11.4 Å². The molecule has 5 rings (SSSR count). The summed E-state index contributed by atoms with van der Waals surface area (Å²) >= 11 is 3.01. The van der Waals surface area contributed by atoms with Crippen molar-refractivity contribution in [3.8, 4) is 0 Å². The van der Waals surface area contributed by atoms with Crippen molar-refractivity contribution in [1.29, 1.82) is 0 Å². The van der Waals surface area contributed by atoms with Crippen molar-refractivity contribution in [2.24, 2.45) is 9.98 Å². The second kappa shape index (κ2) is 7.66. The van der Waals surface area contributed by atoms with Crippen LogP contribution in [0.4, 0.5) is 0 Å². The van der Waals surface area contributed by atoms with Crippen LogP contribution in [0.1, 0.15) is 20.9 Å². The molecule has 0 unspecified atom stereocenters. The first-order valence-corrected chi connectivity index (χ1v) is 10.6. The van der Waals surface area contributed by atoms with E-state index in [0.29, 0.717) is 11.1 Å². The predicted molar refractivity (Wildman–Crippen MR) is 116 cm³/mol. The highest BCUT2D eigenvalue weighted by molar-refractivity contribution is 7.11. The van der Waals surface area contributed by atoms with E-state index in [1.165, 1.54) is 22.7 Å². The van der Waals surface area contributed by atoms with E-state index in [2.05, 4.69) is 9.98 Å². The topological polar surface area (TPSA) is 77.3 Å². The molecular weight excluding hydrogens is 420 g/mol. The molecule has 0 atom stereocenters. The largest absolute Gasteiger partial charge is 0.402 e. The van der Waals surface area contributed by atoms with E-state index in [9.17, 15) is 9.59 Å². The summed E-state index contributed by atoms with van der Waals surface area (Å²) < 4.78 is 10.7. The van der Waals surface area contributed by atoms with Crippen LogP contribution in [0.2, 0.25) is 0 Å². The van der Waals surface area contributed by atoms with Gasteiger partial charge in [0.05, 0.1) is 0 Å². The molecule has 0 radical (unpaired) electrons. The highest BCUT2D eigenvalue weighted by atomic mass is 32.1. The Balaban J connectivity index is 1.44. The lowest BCUT2D eigenvalue weighted by atomic mass is 10.1. The van der Waals surface area contributed by atoms with Gasteiger partial charge in [0.25, 0.3) is 0 Å². The van der Waals surface area contributed by atoms with Crippen molar-refractivity contribution in [2.75, 3.05) is 0 Å². The number of rotatable bonds is 4. The highest BCUT2D eigenvalue weighted by Crippen LogP contribution is 2.24. The zero-order valence-corrected chi connectivity index (χ0v) is 16.9. The van der Waals surface area contributed by atoms with Gasteiger partial charge in [0, 0.05) is 20.9 Å². The molecule has 146 valence electrons. The lowest BCUT2D eigenvalue weighted by molar-refractivity contribution is -0.130. The van der Waals surface area contributed by atoms with Crippen molar-refractivity contribution >= 4 is 58.6 Å². The number of benzene rings is 1. The first kappa shape index (κ1) is 18.4. The van der Waals surface area contributed by atoms with Crippen LogP contribution in [0.5, 0.6) is 0 Å². The van der Waals surface area contributed by atoms with Crippen LogP contribution in [0, 0.1) is 0 Å². The van der Waals surface area contributed by atoms with E-state index in [0.717, 1.165) is 9.75 Å². The third kappa shape index (κ3) is 3.66. The normalized spacial score (nSPS) is 18.5. The Morgan fingerprint density at radius 1 is 0.700 bits per heavy atom. The van der Waals surface area contributed by atoms with Crippen molar-refractivity contribution in [3.63, 3.8) is 0 Å². The smallest absolute Gasteiger partial charge is 0.363 e. The summed E-state index contributed by atoms with van der Waals surface area (Å²) in [6, 6.07) is 14.6. The minimum atomic E-state index is -0.505. The summed E-state index contributed by atoms with van der Waals surface area (Å²) in [5.41, 5.74) is 1.65. The number of nitrogens with zero attached hydrogens (tertiary/aromatic N) is 2. The zero-order valence-electron chi connectivity index (χ0n) is 15.3. The fourth-order valence-corrected chi connectivity index (χ4v) is 4.17. The number of carbonyl (C=O) groups is 2. The first-order chi connectivity index (χ1) is 14.7. The Morgan fingerprint density at radius 2 is 1.20 bits per heavy atom. The summed E-state index contributed by atoms with van der Waals surface area (Å²) in [6.07, 6.45) is 3.38. The summed E-state index contributed by atoms with van der Waals surface area (Å²) in [5.74, 6) is -0.614. The van der Waals surface area contributed by atoms with Crippen molar-refractivity contribution in [3.05, 3.63) is 91.6 Å². The van der Waals surface area contributed by atoms with Gasteiger partial charge in [-0.25, -0.2) is 19.6 Å². The van der Waals surface area contributed by atoms with E-state index >= 15 is 0 Å². The van der Waals surface area contributed by atoms with E-state index in [-0.39, 0.29) is 23.2 Å². The second-order valence-corrected chi connectivity index (χ2v) is 8.24. The fourth-order valence-electron chi connectivity index (χ4n) is 2.87. The van der Waals surface area contributed by atoms with Crippen molar-refractivity contribution in [1.82, 2.24) is 0 Å². The number of thiophene rings is 2. The minimum Gasteiger partial charge on any atom is -0.402 e. The molecule has 0 saturated heterocycles. The SMILES string of the molecule is O=C1OC(c2cccc(C3=N/C(=C/c4cccs4)C(=O)O3)c2)=N/C1=C/c1cccs1. The molecule has 30 heavy (non-hydrogen) atoms. The molecular formula is C22H12N2O4S2. The van der Waals surface area contributed by atoms with Crippen LogP contribution >= 0.6 is 22.7 Å². The average molecular weight is 432 g/mol. The minimum absolute atomic E-state index is 0.198. The van der Waals surface area contributed by atoms with E-state index in [4.69, 9.17) is 9.47 Å². The van der Waals surface area contributed by atoms with Gasteiger partial charge < -0.3 is 9.47 Å². The van der Waals surface area contributed by atoms with Crippen molar-refractivity contribution in [2.45, 2.75) is 0 Å². The molecule has 3 aromatic rings. The van der Waals surface area contributed by atoms with Gasteiger partial charge >= 0.3 is 11.9 Å². The molecule has 4 heterocycles. The zero-order chi connectivity index (χ0) is 20.5. The van der Waals surface area contributed by atoms with Crippen LogP contribution in [-0.4, -0.2) is 23.7 Å². The van der Waals surface area contributed by atoms with Crippen LogP contribution in [0.3, 0.4) is 0 Å². The maximum Gasteiger partial charge on any atom is 0.363 e. The molecule has 2 aromatic heterocycles. The van der Waals surface area contributed by atoms with Gasteiger partial charge in [-0.3, -0.25) is 0 Å². The van der Waals surface area contributed by atoms with Crippen LogP contribution in [0.25, 0.3) is 12.2 Å². The molecule has 0 bridgehead atoms. The number of aliphatic imine (C=N–C) groups is 2. The molecule has 1 aromatic carbocycles. The third-order valence-electron chi connectivity index (χ3n) is 4.24. The number of hydrogen-bond donors (Lipinski definition) is 0. The highest BCUT2D eigenvalue weighted by Gasteiger charge is 2.27. The Kier molecular flexibility index (Phi) is 4.70. The van der Waals surface area contributed by atoms with Crippen LogP contribution in [-0.2, 0) is 19.1 Å². The number of carbonyl (C=O) groups excluding carboxylic acids is 2. The Morgan fingerprint density at radius 3 is 1.63 bits per heavy atom. The van der Waals surface area contributed by atoms with E-state index < -0.39 is 11.9 Å². The second-order valence-electron chi connectivity index (χ2n) is 6.28. The molecule has 0 spiro atoms. The molecule has 2 aliphatic heterocycles. The number of cyclic esters (lactones) is 2. The van der Waals surface area contributed by atoms with Gasteiger partial charge in [0.2, 0.25) is 11.8 Å². The number of esters is 2. The summed E-state index contributed by atoms with van der Waals surface area (Å²) in [5, 5.41) is 3.84. The molecule has 0 amide bonds. The molecule has 0 saturated carbocycles. The first-order valence-electron chi connectivity index (χ1n) is 8.89. The quantitative estimate of drug-likeness (QED) is 0.449. The maximum absolute atomic E-state index is 12.2. The fraction of sp³-hybridized carbons (Fsp3) is 0. The number of ether oxygens (including phenoxy) is 2. The summed E-state index contributed by atoms with van der Waals surface area (Å²) in [6.45, 7) is 0. The standard InChI is InChI=1S/C22H12N2O4S2/c25-21-17(11-15-6-2-8-29-15)23-19(27-21)13-4-1-5-14(10-13)20-24-18(22(26)28-20)12-16-7-3-9-30-16/h1-12H/b17-11+,18-12+. The maximum atomic E-state index is 12.2. The van der Waals surface area contributed by atoms with E-state index in [1.54, 1.807) is 36.4 Å². The van der Waals surface area contributed by atoms with Gasteiger partial charge in [-0.05, 0) is 53.2 Å². The monoisotopic (exact) mass is 432 g/mol. The summed E-state index contributed by atoms with van der Waals surface area (Å²) in [7, 11) is 0. The van der Waals surface area contributed by atoms with E-state index in [1.807, 2.05) is 35.0 Å². The van der Waals surface area contributed by atoms with Crippen LogP contribution < -0.4 is 0 Å². The van der Waals surface area contributed by atoms with Gasteiger partial charge in [-0.1, -0.05) is 18.2 Å². The molecule has 6 nitrogen and oxygen atoms in total. The molecule has 8 heteroatoms. The third-order valence-corrected chi connectivity index (χ3v) is 5.88. The van der Waals surface area contributed by atoms with Gasteiger partial charge in [0.1, 0.15) is 0 Å². The molecule has 2 aliphatic rings. The molecule has 0 N–H and O–H groups in total.